The van der Waals surface area contributed by atoms with Crippen molar-refractivity contribution >= 4 is 17.4 Å². The molecule has 1 aliphatic rings. The minimum Gasteiger partial charge on any atom is -0.507 e. The average Bonchev–Trinajstić information content (AvgIpc) is 3.19. The van der Waals surface area contributed by atoms with Crippen molar-refractivity contribution in [2.45, 2.75) is 52.1 Å². The van der Waals surface area contributed by atoms with Gasteiger partial charge in [-0.3, -0.25) is 9.59 Å². The first-order valence-corrected chi connectivity index (χ1v) is 13.3. The molecule has 1 unspecified atom stereocenters. The Balaban J connectivity index is 1.73. The van der Waals surface area contributed by atoms with Crippen LogP contribution in [-0.4, -0.2) is 34.9 Å². The molecule has 38 heavy (non-hydrogen) atoms. The number of rotatable bonds is 12. The van der Waals surface area contributed by atoms with E-state index in [1.54, 1.807) is 18.2 Å². The first kappa shape index (κ1) is 27.0. The van der Waals surface area contributed by atoms with Crippen LogP contribution in [0.15, 0.2) is 84.4 Å². The normalized spacial score (nSPS) is 16.6. The van der Waals surface area contributed by atoms with Crippen LogP contribution in [0.5, 0.6) is 11.5 Å². The number of amides is 1. The number of carbonyl (C=O) groups is 2. The van der Waals surface area contributed by atoms with Crippen molar-refractivity contribution in [2.24, 2.45) is 0 Å². The van der Waals surface area contributed by atoms with Crippen LogP contribution < -0.4 is 9.47 Å². The lowest BCUT2D eigenvalue weighted by molar-refractivity contribution is -0.140. The summed E-state index contributed by atoms with van der Waals surface area (Å²) in [5.41, 5.74) is 2.11. The van der Waals surface area contributed by atoms with Gasteiger partial charge in [0, 0.05) is 12.1 Å². The third-order valence-corrected chi connectivity index (χ3v) is 6.57. The van der Waals surface area contributed by atoms with Crippen molar-refractivity contribution in [3.63, 3.8) is 0 Å². The highest BCUT2D eigenvalue weighted by molar-refractivity contribution is 6.46. The Labute approximate surface area is 224 Å². The average molecular weight is 514 g/mol. The number of nitrogens with zero attached hydrogens (tertiary/aromatic N) is 1. The quantitative estimate of drug-likeness (QED) is 0.127. The van der Waals surface area contributed by atoms with Crippen molar-refractivity contribution < 1.29 is 24.2 Å². The van der Waals surface area contributed by atoms with Gasteiger partial charge in [-0.2, -0.15) is 0 Å². The number of hydrogen-bond donors (Lipinski definition) is 1. The standard InChI is InChI=1S/C32H35NO5/c1-3-5-19-37-26-17-15-24(16-18-26)29-28(30(34)25-13-10-14-27(21-25)38-20-6-4-2)31(35)32(36)33(29)22-23-11-8-7-9-12-23/h7-18,21,29,34H,3-6,19-20,22H2,1-2H3/b30-28+. The Morgan fingerprint density at radius 2 is 1.47 bits per heavy atom. The summed E-state index contributed by atoms with van der Waals surface area (Å²) < 4.78 is 11.6. The van der Waals surface area contributed by atoms with Gasteiger partial charge < -0.3 is 19.5 Å². The van der Waals surface area contributed by atoms with E-state index in [-0.39, 0.29) is 17.9 Å². The summed E-state index contributed by atoms with van der Waals surface area (Å²) in [6.45, 7) is 5.62. The maximum Gasteiger partial charge on any atom is 0.295 e. The molecule has 1 saturated heterocycles. The fourth-order valence-electron chi connectivity index (χ4n) is 4.47. The van der Waals surface area contributed by atoms with Crippen LogP contribution in [0.1, 0.15) is 62.3 Å². The lowest BCUT2D eigenvalue weighted by Crippen LogP contribution is -2.29. The molecule has 0 spiro atoms. The van der Waals surface area contributed by atoms with Crippen molar-refractivity contribution in [3.8, 4) is 11.5 Å². The third kappa shape index (κ3) is 6.25. The molecule has 1 N–H and O–H groups in total. The molecular formula is C32H35NO5. The van der Waals surface area contributed by atoms with Crippen LogP contribution in [0.4, 0.5) is 0 Å². The second kappa shape index (κ2) is 13.0. The molecule has 0 aliphatic carbocycles. The van der Waals surface area contributed by atoms with Gasteiger partial charge in [0.2, 0.25) is 0 Å². The minimum atomic E-state index is -0.746. The number of aliphatic hydroxyl groups is 1. The predicted molar refractivity (Wildman–Crippen MR) is 148 cm³/mol. The van der Waals surface area contributed by atoms with Crippen LogP contribution in [0.2, 0.25) is 0 Å². The Hall–Kier alpha value is -4.06. The lowest BCUT2D eigenvalue weighted by Gasteiger charge is -2.25. The van der Waals surface area contributed by atoms with Gasteiger partial charge in [0.25, 0.3) is 11.7 Å². The molecule has 0 aromatic heterocycles. The van der Waals surface area contributed by atoms with Crippen LogP contribution in [0, 0.1) is 0 Å². The summed E-state index contributed by atoms with van der Waals surface area (Å²) in [6.07, 6.45) is 3.92. The molecule has 0 saturated carbocycles. The fourth-order valence-corrected chi connectivity index (χ4v) is 4.47. The summed E-state index contributed by atoms with van der Waals surface area (Å²) >= 11 is 0. The van der Waals surface area contributed by atoms with Crippen LogP contribution in [0.3, 0.4) is 0 Å². The van der Waals surface area contributed by atoms with E-state index < -0.39 is 17.7 Å². The highest BCUT2D eigenvalue weighted by atomic mass is 16.5. The van der Waals surface area contributed by atoms with Crippen LogP contribution in [0.25, 0.3) is 5.76 Å². The molecule has 1 heterocycles. The van der Waals surface area contributed by atoms with Gasteiger partial charge in [-0.1, -0.05) is 81.3 Å². The Morgan fingerprint density at radius 3 is 2.13 bits per heavy atom. The number of hydrogen-bond acceptors (Lipinski definition) is 5. The van der Waals surface area contributed by atoms with Crippen molar-refractivity contribution in [1.29, 1.82) is 0 Å². The van der Waals surface area contributed by atoms with Gasteiger partial charge in [-0.15, -0.1) is 0 Å². The Kier molecular flexibility index (Phi) is 9.20. The van der Waals surface area contributed by atoms with Crippen LogP contribution in [-0.2, 0) is 16.1 Å². The summed E-state index contributed by atoms with van der Waals surface area (Å²) in [5, 5.41) is 11.4. The molecule has 3 aromatic carbocycles. The number of likely N-dealkylation sites (tertiary alicyclic amines) is 1. The second-order valence-electron chi connectivity index (χ2n) is 9.41. The highest BCUT2D eigenvalue weighted by Gasteiger charge is 2.46. The molecule has 1 amide bonds. The van der Waals surface area contributed by atoms with Gasteiger partial charge in [0.15, 0.2) is 0 Å². The van der Waals surface area contributed by atoms with Crippen molar-refractivity contribution in [3.05, 3.63) is 101 Å². The number of carbonyl (C=O) groups excluding carboxylic acids is 2. The Morgan fingerprint density at radius 1 is 0.816 bits per heavy atom. The number of ether oxygens (including phenoxy) is 2. The van der Waals surface area contributed by atoms with Gasteiger partial charge in [0.05, 0.1) is 24.8 Å². The smallest absolute Gasteiger partial charge is 0.295 e. The van der Waals surface area contributed by atoms with Gasteiger partial charge in [0.1, 0.15) is 17.3 Å². The van der Waals surface area contributed by atoms with Crippen LogP contribution >= 0.6 is 0 Å². The van der Waals surface area contributed by atoms with Gasteiger partial charge in [-0.25, -0.2) is 0 Å². The maximum absolute atomic E-state index is 13.4. The minimum absolute atomic E-state index is 0.0660. The van der Waals surface area contributed by atoms with E-state index in [0.29, 0.717) is 24.5 Å². The molecule has 4 rings (SSSR count). The second-order valence-corrected chi connectivity index (χ2v) is 9.41. The lowest BCUT2D eigenvalue weighted by atomic mass is 9.95. The summed E-state index contributed by atoms with van der Waals surface area (Å²) in [5.74, 6) is -0.235. The predicted octanol–water partition coefficient (Wildman–Crippen LogP) is 6.67. The van der Waals surface area contributed by atoms with E-state index >= 15 is 0 Å². The molecule has 1 aliphatic heterocycles. The molecule has 3 aromatic rings. The molecule has 6 nitrogen and oxygen atoms in total. The van der Waals surface area contributed by atoms with Crippen molar-refractivity contribution in [2.75, 3.05) is 13.2 Å². The largest absolute Gasteiger partial charge is 0.507 e. The van der Waals surface area contributed by atoms with E-state index in [2.05, 4.69) is 13.8 Å². The van der Waals surface area contributed by atoms with Gasteiger partial charge in [-0.05, 0) is 48.2 Å². The zero-order valence-corrected chi connectivity index (χ0v) is 22.1. The topological polar surface area (TPSA) is 76.1 Å². The highest BCUT2D eigenvalue weighted by Crippen LogP contribution is 2.41. The van der Waals surface area contributed by atoms with E-state index in [9.17, 15) is 14.7 Å². The summed E-state index contributed by atoms with van der Waals surface area (Å²) in [7, 11) is 0. The fraction of sp³-hybridized carbons (Fsp3) is 0.312. The number of Topliss-reactive ketones (excluding diaryl/α,β-unsaturated/α-hetero) is 1. The first-order chi connectivity index (χ1) is 18.5. The molecule has 1 fully saturated rings. The zero-order chi connectivity index (χ0) is 26.9. The maximum atomic E-state index is 13.4. The molecule has 6 heteroatoms. The van der Waals surface area contributed by atoms with Gasteiger partial charge >= 0.3 is 0 Å². The number of aliphatic hydroxyl groups excluding tert-OH is 1. The first-order valence-electron chi connectivity index (χ1n) is 13.3. The molecule has 1 atom stereocenters. The monoisotopic (exact) mass is 513 g/mol. The number of benzene rings is 3. The Bertz CT molecular complexity index is 1270. The summed E-state index contributed by atoms with van der Waals surface area (Å²) in [4.78, 5) is 28.2. The number of ketones is 1. The van der Waals surface area contributed by atoms with E-state index in [1.165, 1.54) is 4.90 Å². The third-order valence-electron chi connectivity index (χ3n) is 6.57. The van der Waals surface area contributed by atoms with E-state index in [0.717, 1.165) is 42.6 Å². The van der Waals surface area contributed by atoms with E-state index in [1.807, 2.05) is 60.7 Å². The molecular weight excluding hydrogens is 478 g/mol. The summed E-state index contributed by atoms with van der Waals surface area (Å²) in [6, 6.07) is 23.2. The zero-order valence-electron chi connectivity index (χ0n) is 22.1. The van der Waals surface area contributed by atoms with E-state index in [4.69, 9.17) is 9.47 Å². The molecule has 0 radical (unpaired) electrons. The molecule has 0 bridgehead atoms. The van der Waals surface area contributed by atoms with Crippen molar-refractivity contribution in [1.82, 2.24) is 4.90 Å². The SMILES string of the molecule is CCCCOc1ccc(C2/C(=C(\O)c3cccc(OCCCC)c3)C(=O)C(=O)N2Cc2ccccc2)cc1. The molecule has 198 valence electrons. The number of unbranched alkanes of at least 4 members (excludes halogenated alkanes) is 2.